The number of hydrogen-bond donors (Lipinski definition) is 3. The number of benzene rings is 2. The number of aryl methyl sites for hydroxylation is 1. The molecule has 1 aromatic heterocycles. The largest absolute Gasteiger partial charge is 0.340 e. The fourth-order valence-corrected chi connectivity index (χ4v) is 2.72. The SMILES string of the molecule is CC(=O)Nc1ccc(NC(=O)c2cc(Nc3ccc(Cl)cc3C)ncn2)cc1. The number of carbonyl (C=O) groups excluding carboxylic acids is 2. The van der Waals surface area contributed by atoms with E-state index in [0.29, 0.717) is 22.2 Å². The molecule has 3 aromatic rings. The second-order valence-corrected chi connectivity index (χ2v) is 6.52. The van der Waals surface area contributed by atoms with Gasteiger partial charge in [0.25, 0.3) is 5.91 Å². The number of aromatic nitrogens is 2. The molecule has 0 radical (unpaired) electrons. The lowest BCUT2D eigenvalue weighted by molar-refractivity contribution is -0.114. The molecule has 3 N–H and O–H groups in total. The van der Waals surface area contributed by atoms with E-state index in [0.717, 1.165) is 11.3 Å². The van der Waals surface area contributed by atoms with Gasteiger partial charge in [0.15, 0.2) is 0 Å². The first-order valence-electron chi connectivity index (χ1n) is 8.45. The fraction of sp³-hybridized carbons (Fsp3) is 0.100. The summed E-state index contributed by atoms with van der Waals surface area (Å²) in [7, 11) is 0. The Hall–Kier alpha value is -3.45. The van der Waals surface area contributed by atoms with Crippen LogP contribution in [0.1, 0.15) is 23.0 Å². The quantitative estimate of drug-likeness (QED) is 0.595. The summed E-state index contributed by atoms with van der Waals surface area (Å²) in [6.07, 6.45) is 1.32. The van der Waals surface area contributed by atoms with E-state index in [1.807, 2.05) is 19.1 Å². The summed E-state index contributed by atoms with van der Waals surface area (Å²) < 4.78 is 0. The summed E-state index contributed by atoms with van der Waals surface area (Å²) in [6, 6.07) is 13.8. The Kier molecular flexibility index (Phi) is 5.86. The first-order chi connectivity index (χ1) is 13.4. The average molecular weight is 396 g/mol. The Morgan fingerprint density at radius 2 is 1.61 bits per heavy atom. The summed E-state index contributed by atoms with van der Waals surface area (Å²) >= 11 is 5.97. The van der Waals surface area contributed by atoms with Crippen LogP contribution in [0.3, 0.4) is 0 Å². The maximum Gasteiger partial charge on any atom is 0.274 e. The van der Waals surface area contributed by atoms with E-state index in [2.05, 4.69) is 25.9 Å². The number of halogens is 1. The Bertz CT molecular complexity index is 1020. The lowest BCUT2D eigenvalue weighted by Crippen LogP contribution is -2.14. The van der Waals surface area contributed by atoms with Gasteiger partial charge in [0.1, 0.15) is 17.8 Å². The molecule has 0 bridgehead atoms. The van der Waals surface area contributed by atoms with Crippen LogP contribution in [0.5, 0.6) is 0 Å². The average Bonchev–Trinajstić information content (AvgIpc) is 2.65. The van der Waals surface area contributed by atoms with E-state index < -0.39 is 0 Å². The van der Waals surface area contributed by atoms with Crippen LogP contribution in [-0.4, -0.2) is 21.8 Å². The molecule has 0 unspecified atom stereocenters. The van der Waals surface area contributed by atoms with Crippen molar-refractivity contribution in [3.05, 3.63) is 71.1 Å². The second kappa shape index (κ2) is 8.49. The number of anilines is 4. The molecule has 2 amide bonds. The molecule has 1 heterocycles. The van der Waals surface area contributed by atoms with Gasteiger partial charge in [-0.25, -0.2) is 9.97 Å². The highest BCUT2D eigenvalue weighted by Gasteiger charge is 2.10. The molecular weight excluding hydrogens is 378 g/mol. The van der Waals surface area contributed by atoms with Crippen LogP contribution in [0.4, 0.5) is 22.9 Å². The number of nitrogens with zero attached hydrogens (tertiary/aromatic N) is 2. The molecule has 0 spiro atoms. The third-order valence-electron chi connectivity index (χ3n) is 3.81. The van der Waals surface area contributed by atoms with Crippen molar-refractivity contribution in [3.63, 3.8) is 0 Å². The molecule has 0 atom stereocenters. The van der Waals surface area contributed by atoms with Crippen LogP contribution in [0.15, 0.2) is 54.9 Å². The Morgan fingerprint density at radius 3 is 2.25 bits per heavy atom. The van der Waals surface area contributed by atoms with Crippen LogP contribution < -0.4 is 16.0 Å². The first kappa shape index (κ1) is 19.3. The van der Waals surface area contributed by atoms with Gasteiger partial charge in [0.05, 0.1) is 0 Å². The van der Waals surface area contributed by atoms with Crippen molar-refractivity contribution in [2.75, 3.05) is 16.0 Å². The number of amides is 2. The number of nitrogens with one attached hydrogen (secondary N) is 3. The summed E-state index contributed by atoms with van der Waals surface area (Å²) in [4.78, 5) is 31.7. The van der Waals surface area contributed by atoms with E-state index in [4.69, 9.17) is 11.6 Å². The maximum atomic E-state index is 12.5. The molecule has 7 nitrogen and oxygen atoms in total. The zero-order valence-corrected chi connectivity index (χ0v) is 16.0. The fourth-order valence-electron chi connectivity index (χ4n) is 2.49. The van der Waals surface area contributed by atoms with E-state index in [-0.39, 0.29) is 17.5 Å². The molecule has 2 aromatic carbocycles. The molecule has 8 heteroatoms. The van der Waals surface area contributed by atoms with Crippen molar-refractivity contribution < 1.29 is 9.59 Å². The van der Waals surface area contributed by atoms with Gasteiger partial charge >= 0.3 is 0 Å². The van der Waals surface area contributed by atoms with Gasteiger partial charge in [0.2, 0.25) is 5.91 Å². The minimum absolute atomic E-state index is 0.159. The minimum atomic E-state index is -0.370. The van der Waals surface area contributed by atoms with E-state index in [1.54, 1.807) is 36.4 Å². The smallest absolute Gasteiger partial charge is 0.274 e. The predicted molar refractivity (Wildman–Crippen MR) is 110 cm³/mol. The molecule has 0 aliphatic rings. The van der Waals surface area contributed by atoms with E-state index in [9.17, 15) is 9.59 Å². The zero-order chi connectivity index (χ0) is 20.1. The summed E-state index contributed by atoms with van der Waals surface area (Å²) in [6.45, 7) is 3.36. The highest BCUT2D eigenvalue weighted by Crippen LogP contribution is 2.23. The van der Waals surface area contributed by atoms with Crippen molar-refractivity contribution in [2.24, 2.45) is 0 Å². The van der Waals surface area contributed by atoms with Gasteiger partial charge in [0, 0.05) is 35.1 Å². The second-order valence-electron chi connectivity index (χ2n) is 6.09. The molecule has 28 heavy (non-hydrogen) atoms. The Balaban J connectivity index is 1.70. The number of rotatable bonds is 5. The van der Waals surface area contributed by atoms with Crippen molar-refractivity contribution in [1.29, 1.82) is 0 Å². The summed E-state index contributed by atoms with van der Waals surface area (Å²) in [5, 5.41) is 9.23. The van der Waals surface area contributed by atoms with Gasteiger partial charge in [-0.2, -0.15) is 0 Å². The highest BCUT2D eigenvalue weighted by atomic mass is 35.5. The highest BCUT2D eigenvalue weighted by molar-refractivity contribution is 6.30. The van der Waals surface area contributed by atoms with Gasteiger partial charge in [-0.15, -0.1) is 0 Å². The predicted octanol–water partition coefficient (Wildman–Crippen LogP) is 4.39. The third kappa shape index (κ3) is 5.05. The Morgan fingerprint density at radius 1 is 0.929 bits per heavy atom. The molecule has 0 aliphatic carbocycles. The van der Waals surface area contributed by atoms with E-state index in [1.165, 1.54) is 13.3 Å². The molecule has 142 valence electrons. The van der Waals surface area contributed by atoms with Crippen LogP contribution in [-0.2, 0) is 4.79 Å². The molecular formula is C20H18ClN5O2. The number of hydrogen-bond acceptors (Lipinski definition) is 5. The van der Waals surface area contributed by atoms with Crippen LogP contribution >= 0.6 is 11.6 Å². The van der Waals surface area contributed by atoms with Gasteiger partial charge in [-0.1, -0.05) is 11.6 Å². The molecule has 0 saturated carbocycles. The summed E-state index contributed by atoms with van der Waals surface area (Å²) in [5.41, 5.74) is 3.24. The van der Waals surface area contributed by atoms with Crippen LogP contribution in [0, 0.1) is 6.92 Å². The lowest BCUT2D eigenvalue weighted by Gasteiger charge is -2.10. The Labute approximate surface area is 167 Å². The van der Waals surface area contributed by atoms with Crippen molar-refractivity contribution >= 4 is 46.3 Å². The minimum Gasteiger partial charge on any atom is -0.340 e. The lowest BCUT2D eigenvalue weighted by atomic mass is 10.2. The van der Waals surface area contributed by atoms with Gasteiger partial charge in [-0.05, 0) is 55.0 Å². The van der Waals surface area contributed by atoms with Crippen LogP contribution in [0.25, 0.3) is 0 Å². The molecule has 3 rings (SSSR count). The van der Waals surface area contributed by atoms with Gasteiger partial charge in [-0.3, -0.25) is 9.59 Å². The monoisotopic (exact) mass is 395 g/mol. The zero-order valence-electron chi connectivity index (χ0n) is 15.3. The van der Waals surface area contributed by atoms with Crippen molar-refractivity contribution in [3.8, 4) is 0 Å². The van der Waals surface area contributed by atoms with Crippen molar-refractivity contribution in [2.45, 2.75) is 13.8 Å². The third-order valence-corrected chi connectivity index (χ3v) is 4.05. The van der Waals surface area contributed by atoms with E-state index >= 15 is 0 Å². The topological polar surface area (TPSA) is 96.0 Å². The molecule has 0 saturated heterocycles. The van der Waals surface area contributed by atoms with Crippen molar-refractivity contribution in [1.82, 2.24) is 9.97 Å². The standard InChI is InChI=1S/C20H18ClN5O2/c1-12-9-14(21)3-8-17(12)26-19-10-18(22-11-23-19)20(28)25-16-6-4-15(5-7-16)24-13(2)27/h3-11H,1-2H3,(H,24,27)(H,25,28)(H,22,23,26). The number of carbonyl (C=O) groups is 2. The summed E-state index contributed by atoms with van der Waals surface area (Å²) in [5.74, 6) is -0.0362. The van der Waals surface area contributed by atoms with Crippen LogP contribution in [0.2, 0.25) is 5.02 Å². The van der Waals surface area contributed by atoms with Gasteiger partial charge < -0.3 is 16.0 Å². The first-order valence-corrected chi connectivity index (χ1v) is 8.83. The normalized spacial score (nSPS) is 10.2. The molecule has 0 aliphatic heterocycles. The maximum absolute atomic E-state index is 12.5. The molecule has 0 fully saturated rings.